The first-order chi connectivity index (χ1) is 19.0. The fourth-order valence-corrected chi connectivity index (χ4v) is 4.83. The van der Waals surface area contributed by atoms with Crippen molar-refractivity contribution in [2.45, 2.75) is 51.0 Å². The van der Waals surface area contributed by atoms with Crippen molar-refractivity contribution >= 4 is 45.3 Å². The number of hydrogen-bond donors (Lipinski definition) is 3. The number of nitrogens with one attached hydrogen (secondary N) is 3. The average molecular weight is 597 g/mol. The Balaban J connectivity index is 1.97. The number of ether oxygens (including phenoxy) is 2. The van der Waals surface area contributed by atoms with E-state index in [1.54, 1.807) is 0 Å². The van der Waals surface area contributed by atoms with E-state index in [0.717, 1.165) is 12.3 Å². The molecule has 0 aliphatic rings. The minimum Gasteiger partial charge on any atom is -0.461 e. The Bertz CT molecular complexity index is 1300. The first-order valence-corrected chi connectivity index (χ1v) is 14.5. The third-order valence-electron chi connectivity index (χ3n) is 5.53. The molecule has 0 unspecified atom stereocenters. The molecule has 1 aromatic heterocycles. The van der Waals surface area contributed by atoms with Crippen LogP contribution in [0.1, 0.15) is 71.2 Å². The molecule has 0 saturated heterocycles. The predicted octanol–water partition coefficient (Wildman–Crippen LogP) is 2.47. The lowest BCUT2D eigenvalue weighted by atomic mass is 10.2. The molecule has 40 heavy (non-hydrogen) atoms. The number of halogens is 1. The van der Waals surface area contributed by atoms with Crippen LogP contribution in [0.4, 0.5) is 0 Å². The molecule has 0 aliphatic heterocycles. The Labute approximate surface area is 238 Å². The van der Waals surface area contributed by atoms with Gasteiger partial charge in [0.15, 0.2) is 0 Å². The molecule has 0 spiro atoms. The van der Waals surface area contributed by atoms with Crippen LogP contribution in [0.2, 0.25) is 5.02 Å². The normalized spacial score (nSPS) is 11.1. The molecule has 12 nitrogen and oxygen atoms in total. The summed E-state index contributed by atoms with van der Waals surface area (Å²) in [6.07, 6.45) is 2.70. The molecule has 1 aromatic carbocycles. The Morgan fingerprint density at radius 3 is 2.25 bits per heavy atom. The Morgan fingerprint density at radius 1 is 0.950 bits per heavy atom. The molecule has 0 radical (unpaired) electrons. The van der Waals surface area contributed by atoms with Crippen LogP contribution in [0.5, 0.6) is 0 Å². The maximum absolute atomic E-state index is 12.8. The van der Waals surface area contributed by atoms with Crippen molar-refractivity contribution in [1.29, 1.82) is 0 Å². The van der Waals surface area contributed by atoms with Gasteiger partial charge in [-0.2, -0.15) is 0 Å². The minimum atomic E-state index is -4.41. The lowest BCUT2D eigenvalue weighted by Crippen LogP contribution is -2.33. The lowest BCUT2D eigenvalue weighted by Gasteiger charge is -2.14. The number of benzene rings is 1. The molecular formula is C26H33ClN4O8S. The number of hydrogen-bond acceptors (Lipinski definition) is 9. The topological polar surface area (TPSA) is 170 Å². The average Bonchev–Trinajstić information content (AvgIpc) is 2.93. The third kappa shape index (κ3) is 9.88. The van der Waals surface area contributed by atoms with Crippen LogP contribution in [-0.2, 0) is 24.3 Å². The number of sulfonamides is 1. The maximum atomic E-state index is 12.8. The van der Waals surface area contributed by atoms with Crippen LogP contribution in [0, 0.1) is 0 Å². The summed E-state index contributed by atoms with van der Waals surface area (Å²) in [6.45, 7) is 6.71. The van der Waals surface area contributed by atoms with Crippen LogP contribution in [0.15, 0.2) is 41.4 Å². The molecule has 3 N–H and O–H groups in total. The molecule has 0 atom stereocenters. The minimum absolute atomic E-state index is 0.0930. The molecule has 2 rings (SSSR count). The van der Waals surface area contributed by atoms with Crippen molar-refractivity contribution < 1.29 is 37.1 Å². The van der Waals surface area contributed by atoms with Gasteiger partial charge in [-0.1, -0.05) is 25.4 Å². The predicted molar refractivity (Wildman–Crippen MR) is 147 cm³/mol. The van der Waals surface area contributed by atoms with E-state index in [-0.39, 0.29) is 34.5 Å². The number of esters is 1. The first-order valence-electron chi connectivity index (χ1n) is 12.7. The van der Waals surface area contributed by atoms with Gasteiger partial charge in [-0.25, -0.2) is 13.1 Å². The van der Waals surface area contributed by atoms with Gasteiger partial charge in [0.05, 0.1) is 10.6 Å². The number of rotatable bonds is 15. The van der Waals surface area contributed by atoms with Crippen molar-refractivity contribution in [3.05, 3.63) is 58.4 Å². The molecule has 218 valence electrons. The summed E-state index contributed by atoms with van der Waals surface area (Å²) in [5.74, 6) is -2.72. The molecule has 1 heterocycles. The third-order valence-corrected chi connectivity index (χ3v) is 7.34. The standard InChI is InChI=1S/C26H33ClN4O8S/c1-4-19(5-2)39-23(32)16-30-26(35)21-10-8-18(15-29-21)25(34)31-40(36,37)22-11-9-17(14-20(22)27)24(33)28-12-7-13-38-6-3/h8-11,14-15,19H,4-7,12-13,16H2,1-3H3,(H,28,33)(H,30,35)(H,31,34). The van der Waals surface area contributed by atoms with E-state index < -0.39 is 38.6 Å². The largest absolute Gasteiger partial charge is 0.461 e. The Morgan fingerprint density at radius 2 is 1.65 bits per heavy atom. The summed E-state index contributed by atoms with van der Waals surface area (Å²) in [7, 11) is -4.41. The zero-order chi connectivity index (χ0) is 29.7. The van der Waals surface area contributed by atoms with Gasteiger partial charge in [0.25, 0.3) is 27.7 Å². The molecule has 0 fully saturated rings. The molecule has 0 saturated carbocycles. The lowest BCUT2D eigenvalue weighted by molar-refractivity contribution is -0.148. The number of amides is 3. The summed E-state index contributed by atoms with van der Waals surface area (Å²) in [5, 5.41) is 4.80. The fraction of sp³-hybridized carbons (Fsp3) is 0.423. The van der Waals surface area contributed by atoms with Gasteiger partial charge in [0.2, 0.25) is 0 Å². The number of carbonyl (C=O) groups is 4. The molecule has 14 heteroatoms. The summed E-state index contributed by atoms with van der Waals surface area (Å²) in [6, 6.07) is 5.99. The summed E-state index contributed by atoms with van der Waals surface area (Å²) >= 11 is 6.12. The van der Waals surface area contributed by atoms with E-state index in [9.17, 15) is 27.6 Å². The van der Waals surface area contributed by atoms with Crippen molar-refractivity contribution in [1.82, 2.24) is 20.3 Å². The first kappa shape index (κ1) is 32.7. The van der Waals surface area contributed by atoms with Gasteiger partial charge < -0.3 is 20.1 Å². The highest BCUT2D eigenvalue weighted by Crippen LogP contribution is 2.23. The molecule has 0 aliphatic carbocycles. The zero-order valence-corrected chi connectivity index (χ0v) is 24.1. The van der Waals surface area contributed by atoms with E-state index in [0.29, 0.717) is 39.0 Å². The monoisotopic (exact) mass is 596 g/mol. The number of nitrogens with zero attached hydrogens (tertiary/aromatic N) is 1. The van der Waals surface area contributed by atoms with Gasteiger partial charge in [-0.05, 0) is 56.5 Å². The number of aromatic nitrogens is 1. The van der Waals surface area contributed by atoms with Crippen LogP contribution in [-0.4, -0.2) is 69.5 Å². The van der Waals surface area contributed by atoms with Crippen molar-refractivity contribution in [3.8, 4) is 0 Å². The second-order valence-electron chi connectivity index (χ2n) is 8.43. The van der Waals surface area contributed by atoms with Gasteiger partial charge in [0, 0.05) is 31.5 Å². The Kier molecular flexibility index (Phi) is 13.0. The maximum Gasteiger partial charge on any atom is 0.325 e. The highest BCUT2D eigenvalue weighted by molar-refractivity contribution is 7.90. The second-order valence-corrected chi connectivity index (χ2v) is 10.5. The summed E-state index contributed by atoms with van der Waals surface area (Å²) in [5.41, 5.74) is -0.0921. The van der Waals surface area contributed by atoms with Crippen molar-refractivity contribution in [3.63, 3.8) is 0 Å². The summed E-state index contributed by atoms with van der Waals surface area (Å²) in [4.78, 5) is 52.4. The number of carbonyl (C=O) groups excluding carboxylic acids is 4. The molecule has 2 aromatic rings. The van der Waals surface area contributed by atoms with Crippen LogP contribution in [0.25, 0.3) is 0 Å². The fourth-order valence-electron chi connectivity index (χ4n) is 3.31. The van der Waals surface area contributed by atoms with Gasteiger partial charge in [0.1, 0.15) is 23.2 Å². The highest BCUT2D eigenvalue weighted by atomic mass is 35.5. The smallest absolute Gasteiger partial charge is 0.325 e. The van der Waals surface area contributed by atoms with Crippen LogP contribution in [0.3, 0.4) is 0 Å². The molecular weight excluding hydrogens is 564 g/mol. The van der Waals surface area contributed by atoms with E-state index in [1.165, 1.54) is 24.3 Å². The molecule has 0 bridgehead atoms. The number of pyridine rings is 1. The molecule has 3 amide bonds. The van der Waals surface area contributed by atoms with Gasteiger partial charge in [-0.3, -0.25) is 24.2 Å². The van der Waals surface area contributed by atoms with E-state index in [2.05, 4.69) is 15.6 Å². The van der Waals surface area contributed by atoms with E-state index in [4.69, 9.17) is 21.1 Å². The Hall–Kier alpha value is -3.55. The zero-order valence-electron chi connectivity index (χ0n) is 22.5. The SMILES string of the molecule is CCOCCCNC(=O)c1ccc(S(=O)(=O)NC(=O)c2ccc(C(=O)NCC(=O)OC(CC)CC)nc2)c(Cl)c1. The van der Waals surface area contributed by atoms with Gasteiger partial charge >= 0.3 is 5.97 Å². The second kappa shape index (κ2) is 15.9. The van der Waals surface area contributed by atoms with E-state index in [1.807, 2.05) is 25.5 Å². The van der Waals surface area contributed by atoms with Crippen molar-refractivity contribution in [2.24, 2.45) is 0 Å². The van der Waals surface area contributed by atoms with Gasteiger partial charge in [-0.15, -0.1) is 0 Å². The summed E-state index contributed by atoms with van der Waals surface area (Å²) < 4.78 is 37.8. The van der Waals surface area contributed by atoms with Crippen LogP contribution < -0.4 is 15.4 Å². The van der Waals surface area contributed by atoms with Crippen molar-refractivity contribution in [2.75, 3.05) is 26.3 Å². The highest BCUT2D eigenvalue weighted by Gasteiger charge is 2.23. The van der Waals surface area contributed by atoms with Crippen LogP contribution >= 0.6 is 11.6 Å². The quantitative estimate of drug-likeness (QED) is 0.206. The van der Waals surface area contributed by atoms with E-state index >= 15 is 0 Å².